The second-order valence-corrected chi connectivity index (χ2v) is 3.22. The van der Waals surface area contributed by atoms with Crippen molar-refractivity contribution in [3.63, 3.8) is 0 Å². The Morgan fingerprint density at radius 1 is 1.23 bits per heavy atom. The van der Waals surface area contributed by atoms with Crippen LogP contribution in [0.2, 0.25) is 0 Å². The van der Waals surface area contributed by atoms with Gasteiger partial charge in [0.25, 0.3) is 5.97 Å². The van der Waals surface area contributed by atoms with Crippen LogP contribution in [0.1, 0.15) is 6.42 Å². The van der Waals surface area contributed by atoms with E-state index < -0.39 is 33.7 Å². The van der Waals surface area contributed by atoms with E-state index in [1.54, 1.807) is 0 Å². The summed E-state index contributed by atoms with van der Waals surface area (Å²) in [4.78, 5) is 19.9. The van der Waals surface area contributed by atoms with Crippen LogP contribution in [-0.2, 0) is 19.7 Å². The minimum atomic E-state index is -4.92. The van der Waals surface area contributed by atoms with Crippen LogP contribution in [0.3, 0.4) is 0 Å². The molecule has 0 saturated carbocycles. The van der Waals surface area contributed by atoms with Crippen LogP contribution in [0.15, 0.2) is 0 Å². The number of rotatable bonds is 4. The van der Waals surface area contributed by atoms with Crippen LogP contribution in [0.4, 0.5) is 0 Å². The molecular formula is C4H5NaO7S. The molecule has 0 atom stereocenters. The van der Waals surface area contributed by atoms with Crippen molar-refractivity contribution in [2.45, 2.75) is 6.42 Å². The predicted molar refractivity (Wildman–Crippen MR) is 34.7 cm³/mol. The Bertz CT molecular complexity index is 294. The predicted octanol–water partition coefficient (Wildman–Crippen LogP) is -4.03. The third-order valence-corrected chi connectivity index (χ3v) is 1.80. The fourth-order valence-electron chi connectivity index (χ4n) is 0.414. The number of carboxylic acids is 2. The zero-order chi connectivity index (χ0) is 9.94. The van der Waals surface area contributed by atoms with Gasteiger partial charge in [0.2, 0.25) is 0 Å². The van der Waals surface area contributed by atoms with Gasteiger partial charge in [-0.3, -0.25) is 9.59 Å². The molecule has 3 N–H and O–H groups in total. The summed E-state index contributed by atoms with van der Waals surface area (Å²) in [5, 5.41) is 14.7. The summed E-state index contributed by atoms with van der Waals surface area (Å²) in [5.74, 6) is -3.62. The average molecular weight is 220 g/mol. The minimum absolute atomic E-state index is 0. The maximum Gasteiger partial charge on any atom is 1.00 e. The summed E-state index contributed by atoms with van der Waals surface area (Å²) in [5.41, 5.74) is 0. The van der Waals surface area contributed by atoms with E-state index in [0.717, 1.165) is 0 Å². The molecule has 0 unspecified atom stereocenters. The standard InChI is InChI=1S/C4H5O7S.Na/c5-3(6)1-2(4(7)8)12(9,10)11;/h1H2,(H,5,6)(H,7,8)(H,9,10,11);/q-1;+1. The van der Waals surface area contributed by atoms with Gasteiger partial charge in [0.15, 0.2) is 16.1 Å². The number of hydrogen-bond acceptors (Lipinski definition) is 4. The molecule has 0 aromatic carbocycles. The molecule has 0 radical (unpaired) electrons. The van der Waals surface area contributed by atoms with Crippen molar-refractivity contribution in [1.29, 1.82) is 0 Å². The molecule has 9 heteroatoms. The van der Waals surface area contributed by atoms with Crippen molar-refractivity contribution in [2.24, 2.45) is 0 Å². The number of hydrogen-bond donors (Lipinski definition) is 3. The first-order valence-electron chi connectivity index (χ1n) is 2.53. The zero-order valence-corrected chi connectivity index (χ0v) is 9.41. The van der Waals surface area contributed by atoms with E-state index in [1.807, 2.05) is 0 Å². The Balaban J connectivity index is 0. The summed E-state index contributed by atoms with van der Waals surface area (Å²) >= 11 is 0. The van der Waals surface area contributed by atoms with Gasteiger partial charge in [-0.15, -0.1) is 5.25 Å². The van der Waals surface area contributed by atoms with Gasteiger partial charge >= 0.3 is 29.6 Å². The van der Waals surface area contributed by atoms with Gasteiger partial charge in [0.05, 0.1) is 0 Å². The first-order chi connectivity index (χ1) is 5.25. The topological polar surface area (TPSA) is 129 Å². The second-order valence-electron chi connectivity index (χ2n) is 1.77. The van der Waals surface area contributed by atoms with Gasteiger partial charge in [0, 0.05) is 0 Å². The van der Waals surface area contributed by atoms with E-state index in [9.17, 15) is 18.0 Å². The van der Waals surface area contributed by atoms with Crippen molar-refractivity contribution in [1.82, 2.24) is 0 Å². The van der Waals surface area contributed by atoms with Crippen molar-refractivity contribution in [3.8, 4) is 0 Å². The molecule has 0 aliphatic heterocycles. The molecule has 7 nitrogen and oxygen atoms in total. The molecule has 0 aromatic rings. The van der Waals surface area contributed by atoms with E-state index >= 15 is 0 Å². The number of aliphatic carboxylic acids is 2. The molecule has 0 fully saturated rings. The maximum absolute atomic E-state index is 10.2. The number of carbonyl (C=O) groups is 2. The van der Waals surface area contributed by atoms with Crippen molar-refractivity contribution < 1.29 is 62.3 Å². The van der Waals surface area contributed by atoms with Gasteiger partial charge in [-0.05, 0) is 6.42 Å². The van der Waals surface area contributed by atoms with E-state index in [1.165, 1.54) is 0 Å². The first kappa shape index (κ1) is 15.2. The van der Waals surface area contributed by atoms with Crippen LogP contribution < -0.4 is 29.6 Å². The molecule has 0 amide bonds. The Morgan fingerprint density at radius 3 is 1.69 bits per heavy atom. The van der Waals surface area contributed by atoms with E-state index in [4.69, 9.17) is 14.8 Å². The average Bonchev–Trinajstić information content (AvgIpc) is 1.79. The van der Waals surface area contributed by atoms with Crippen LogP contribution >= 0.6 is 0 Å². The summed E-state index contributed by atoms with van der Waals surface area (Å²) < 4.78 is 28.6. The molecule has 0 bridgehead atoms. The van der Waals surface area contributed by atoms with Crippen molar-refractivity contribution >= 4 is 22.1 Å². The molecule has 0 aliphatic rings. The molecule has 0 heterocycles. The van der Waals surface area contributed by atoms with Gasteiger partial charge in [-0.25, -0.2) is 8.42 Å². The van der Waals surface area contributed by atoms with Crippen LogP contribution in [0, 0.1) is 5.25 Å². The Labute approximate surface area is 95.8 Å². The third kappa shape index (κ3) is 5.88. The molecule has 13 heavy (non-hydrogen) atoms. The number of carboxylic acid groups (broad SMARTS) is 2. The SMILES string of the molecule is O=C(O)C[C-](C(=O)O)S(=O)(=O)O.[Na+]. The smallest absolute Gasteiger partial charge is 0.502 e. The van der Waals surface area contributed by atoms with E-state index in [0.29, 0.717) is 0 Å². The van der Waals surface area contributed by atoms with Gasteiger partial charge in [-0.1, -0.05) is 0 Å². The minimum Gasteiger partial charge on any atom is -0.502 e. The van der Waals surface area contributed by atoms with E-state index in [2.05, 4.69) is 0 Å². The quantitative estimate of drug-likeness (QED) is 0.250. The third-order valence-electron chi connectivity index (χ3n) is 0.862. The fraction of sp³-hybridized carbons (Fsp3) is 0.250. The zero-order valence-electron chi connectivity index (χ0n) is 6.59. The maximum atomic E-state index is 10.2. The van der Waals surface area contributed by atoms with Crippen LogP contribution in [-0.4, -0.2) is 35.1 Å². The molecule has 0 aliphatic carbocycles. The van der Waals surface area contributed by atoms with E-state index in [-0.39, 0.29) is 29.6 Å². The monoisotopic (exact) mass is 220 g/mol. The van der Waals surface area contributed by atoms with Crippen molar-refractivity contribution in [3.05, 3.63) is 5.25 Å². The van der Waals surface area contributed by atoms with Gasteiger partial charge in [0.1, 0.15) is 0 Å². The second kappa shape index (κ2) is 5.45. The Hall–Kier alpha value is -0.280. The van der Waals surface area contributed by atoms with Gasteiger partial charge in [-0.2, -0.15) is 0 Å². The molecule has 0 aromatic heterocycles. The first-order valence-corrected chi connectivity index (χ1v) is 3.97. The van der Waals surface area contributed by atoms with Crippen LogP contribution in [0.5, 0.6) is 0 Å². The van der Waals surface area contributed by atoms with Gasteiger partial charge < -0.3 is 14.8 Å². The Morgan fingerprint density at radius 2 is 1.62 bits per heavy atom. The summed E-state index contributed by atoms with van der Waals surface area (Å²) in [6.07, 6.45) is -1.24. The fourth-order valence-corrected chi connectivity index (χ4v) is 0.941. The largest absolute Gasteiger partial charge is 1.00 e. The molecule has 0 spiro atoms. The summed E-state index contributed by atoms with van der Waals surface area (Å²) in [6.45, 7) is 0. The van der Waals surface area contributed by atoms with Crippen LogP contribution in [0.25, 0.3) is 0 Å². The molecule has 70 valence electrons. The molecule has 0 saturated heterocycles. The molecular weight excluding hydrogens is 215 g/mol. The summed E-state index contributed by atoms with van der Waals surface area (Å²) in [7, 11) is -4.92. The normalized spacial score (nSPS) is 9.92. The Kier molecular flexibility index (Phi) is 6.37. The summed E-state index contributed by atoms with van der Waals surface area (Å²) in [6, 6.07) is 0. The van der Waals surface area contributed by atoms with Crippen molar-refractivity contribution in [2.75, 3.05) is 0 Å². The molecule has 0 rings (SSSR count).